The Kier molecular flexibility index (Phi) is 3.72. The zero-order valence-corrected chi connectivity index (χ0v) is 13.6. The average Bonchev–Trinajstić information content (AvgIpc) is 3.32. The molecule has 0 saturated carbocycles. The number of nitrogens with zero attached hydrogens (tertiary/aromatic N) is 4. The Balaban J connectivity index is 1.44. The molecule has 7 nitrogen and oxygen atoms in total. The Bertz CT molecular complexity index is 910. The second kappa shape index (κ2) is 6.01. The van der Waals surface area contributed by atoms with E-state index in [-0.39, 0.29) is 0 Å². The van der Waals surface area contributed by atoms with Crippen LogP contribution in [0.1, 0.15) is 11.6 Å². The number of aromatic nitrogens is 4. The van der Waals surface area contributed by atoms with Crippen molar-refractivity contribution < 1.29 is 13.4 Å². The minimum absolute atomic E-state index is 0.436. The van der Waals surface area contributed by atoms with Crippen LogP contribution in [0.4, 0.5) is 0 Å². The molecule has 0 aliphatic heterocycles. The normalized spacial score (nSPS) is 11.2. The highest BCUT2D eigenvalue weighted by atomic mass is 32.2. The Labute approximate surface area is 138 Å². The van der Waals surface area contributed by atoms with E-state index in [9.17, 15) is 0 Å². The summed E-state index contributed by atoms with van der Waals surface area (Å²) in [6.07, 6.45) is 1.59. The maximum absolute atomic E-state index is 5.61. The number of furan rings is 1. The largest absolute Gasteiger partial charge is 0.469 e. The van der Waals surface area contributed by atoms with Crippen molar-refractivity contribution in [1.29, 1.82) is 0 Å². The van der Waals surface area contributed by atoms with Crippen molar-refractivity contribution in [2.45, 2.75) is 17.9 Å². The van der Waals surface area contributed by atoms with E-state index in [1.807, 2.05) is 23.8 Å². The molecule has 4 aromatic rings. The summed E-state index contributed by atoms with van der Waals surface area (Å²) in [6, 6.07) is 3.73. The zero-order valence-electron chi connectivity index (χ0n) is 11.9. The maximum atomic E-state index is 5.61. The van der Waals surface area contributed by atoms with Crippen LogP contribution in [0.25, 0.3) is 22.9 Å². The number of hydrogen-bond acceptors (Lipinski definition) is 9. The lowest BCUT2D eigenvalue weighted by Crippen LogP contribution is -1.84. The van der Waals surface area contributed by atoms with Crippen LogP contribution in [0.2, 0.25) is 0 Å². The second-order valence-electron chi connectivity index (χ2n) is 4.58. The quantitative estimate of drug-likeness (QED) is 0.500. The predicted molar refractivity (Wildman–Crippen MR) is 83.9 cm³/mol. The molecule has 0 aromatic carbocycles. The smallest absolute Gasteiger partial charge is 0.277 e. The molecule has 0 aliphatic rings. The van der Waals surface area contributed by atoms with Crippen molar-refractivity contribution in [2.24, 2.45) is 0 Å². The first-order valence-electron chi connectivity index (χ1n) is 6.65. The molecular formula is C14H10N4O3S2. The Morgan fingerprint density at radius 1 is 1.22 bits per heavy atom. The van der Waals surface area contributed by atoms with Crippen LogP contribution < -0.4 is 0 Å². The van der Waals surface area contributed by atoms with E-state index in [0.717, 1.165) is 16.9 Å². The molecule has 4 rings (SSSR count). The SMILES string of the molecule is Cc1occc1-c1nnc(SCc2noc(-c3ccsc3)n2)o1. The first-order valence-corrected chi connectivity index (χ1v) is 8.58. The molecule has 0 fully saturated rings. The van der Waals surface area contributed by atoms with Crippen LogP contribution in [0.5, 0.6) is 0 Å². The molecule has 0 atom stereocenters. The highest BCUT2D eigenvalue weighted by Gasteiger charge is 2.15. The van der Waals surface area contributed by atoms with Crippen molar-refractivity contribution in [1.82, 2.24) is 20.3 Å². The van der Waals surface area contributed by atoms with E-state index in [4.69, 9.17) is 13.4 Å². The van der Waals surface area contributed by atoms with Crippen molar-refractivity contribution in [3.05, 3.63) is 40.7 Å². The van der Waals surface area contributed by atoms with E-state index >= 15 is 0 Å². The third-order valence-corrected chi connectivity index (χ3v) is 4.55. The van der Waals surface area contributed by atoms with Gasteiger partial charge in [-0.2, -0.15) is 16.3 Å². The van der Waals surface area contributed by atoms with Gasteiger partial charge in [-0.25, -0.2) is 0 Å². The second-order valence-corrected chi connectivity index (χ2v) is 6.29. The van der Waals surface area contributed by atoms with Gasteiger partial charge in [-0.05, 0) is 24.4 Å². The molecule has 0 amide bonds. The van der Waals surface area contributed by atoms with Gasteiger partial charge >= 0.3 is 0 Å². The van der Waals surface area contributed by atoms with Gasteiger partial charge in [-0.3, -0.25) is 0 Å². The fraction of sp³-hybridized carbons (Fsp3) is 0.143. The summed E-state index contributed by atoms with van der Waals surface area (Å²) in [7, 11) is 0. The Hall–Kier alpha value is -2.39. The maximum Gasteiger partial charge on any atom is 0.277 e. The highest BCUT2D eigenvalue weighted by molar-refractivity contribution is 7.98. The van der Waals surface area contributed by atoms with E-state index in [1.54, 1.807) is 23.7 Å². The first kappa shape index (κ1) is 14.2. The molecular weight excluding hydrogens is 336 g/mol. The van der Waals surface area contributed by atoms with Crippen LogP contribution in [0.15, 0.2) is 47.7 Å². The van der Waals surface area contributed by atoms with Crippen LogP contribution in [0, 0.1) is 6.92 Å². The molecule has 0 saturated heterocycles. The van der Waals surface area contributed by atoms with Gasteiger partial charge in [0.15, 0.2) is 5.82 Å². The van der Waals surface area contributed by atoms with E-state index in [0.29, 0.717) is 28.6 Å². The average molecular weight is 346 g/mol. The van der Waals surface area contributed by atoms with Gasteiger partial charge in [0.1, 0.15) is 5.76 Å². The predicted octanol–water partition coefficient (Wildman–Crippen LogP) is 4.04. The molecule has 0 radical (unpaired) electrons. The summed E-state index contributed by atoms with van der Waals surface area (Å²) < 4.78 is 16.1. The Morgan fingerprint density at radius 2 is 2.17 bits per heavy atom. The number of aryl methyl sites for hydroxylation is 1. The van der Waals surface area contributed by atoms with Gasteiger partial charge in [0.05, 0.1) is 23.1 Å². The summed E-state index contributed by atoms with van der Waals surface area (Å²) >= 11 is 2.94. The molecule has 23 heavy (non-hydrogen) atoms. The van der Waals surface area contributed by atoms with Gasteiger partial charge in [-0.15, -0.1) is 10.2 Å². The van der Waals surface area contributed by atoms with Crippen molar-refractivity contribution in [3.8, 4) is 22.9 Å². The van der Waals surface area contributed by atoms with Crippen LogP contribution in [-0.4, -0.2) is 20.3 Å². The molecule has 116 valence electrons. The van der Waals surface area contributed by atoms with Gasteiger partial charge in [0, 0.05) is 5.38 Å². The number of thiophene rings is 1. The molecule has 0 aliphatic carbocycles. The minimum Gasteiger partial charge on any atom is -0.469 e. The highest BCUT2D eigenvalue weighted by Crippen LogP contribution is 2.28. The van der Waals surface area contributed by atoms with Crippen LogP contribution in [-0.2, 0) is 5.75 Å². The first-order chi connectivity index (χ1) is 11.3. The lowest BCUT2D eigenvalue weighted by atomic mass is 10.3. The minimum atomic E-state index is 0.436. The lowest BCUT2D eigenvalue weighted by Gasteiger charge is -1.91. The molecule has 0 N–H and O–H groups in total. The van der Waals surface area contributed by atoms with E-state index in [2.05, 4.69) is 20.3 Å². The fourth-order valence-electron chi connectivity index (χ4n) is 1.93. The summed E-state index contributed by atoms with van der Waals surface area (Å²) in [6.45, 7) is 1.84. The van der Waals surface area contributed by atoms with E-state index < -0.39 is 0 Å². The summed E-state index contributed by atoms with van der Waals surface area (Å²) in [5, 5.41) is 16.3. The standard InChI is InChI=1S/C14H10N4O3S2/c1-8-10(2-4-19-8)13-16-17-14(20-13)23-7-11-15-12(21-18-11)9-3-5-22-6-9/h2-6H,7H2,1H3. The topological polar surface area (TPSA) is 91.0 Å². The van der Waals surface area contributed by atoms with Crippen molar-refractivity contribution in [2.75, 3.05) is 0 Å². The zero-order chi connectivity index (χ0) is 15.6. The van der Waals surface area contributed by atoms with Crippen molar-refractivity contribution in [3.63, 3.8) is 0 Å². The number of thioether (sulfide) groups is 1. The van der Waals surface area contributed by atoms with E-state index in [1.165, 1.54) is 11.8 Å². The third kappa shape index (κ3) is 2.92. The van der Waals surface area contributed by atoms with Crippen molar-refractivity contribution >= 4 is 23.1 Å². The lowest BCUT2D eigenvalue weighted by molar-refractivity contribution is 0.425. The van der Waals surface area contributed by atoms with Gasteiger partial charge in [-0.1, -0.05) is 16.9 Å². The Morgan fingerprint density at radius 3 is 2.96 bits per heavy atom. The third-order valence-electron chi connectivity index (χ3n) is 3.06. The molecule has 0 bridgehead atoms. The number of rotatable bonds is 5. The fourth-order valence-corrected chi connectivity index (χ4v) is 3.16. The molecule has 4 aromatic heterocycles. The molecule has 9 heteroatoms. The van der Waals surface area contributed by atoms with Gasteiger partial charge in [0.25, 0.3) is 17.0 Å². The van der Waals surface area contributed by atoms with Crippen LogP contribution in [0.3, 0.4) is 0 Å². The van der Waals surface area contributed by atoms with Gasteiger partial charge < -0.3 is 13.4 Å². The summed E-state index contributed by atoms with van der Waals surface area (Å²) in [4.78, 5) is 4.34. The summed E-state index contributed by atoms with van der Waals surface area (Å²) in [5.41, 5.74) is 1.72. The molecule has 0 unspecified atom stereocenters. The monoisotopic (exact) mass is 346 g/mol. The molecule has 0 spiro atoms. The summed E-state index contributed by atoms with van der Waals surface area (Å²) in [5.74, 6) is 2.76. The van der Waals surface area contributed by atoms with Crippen LogP contribution >= 0.6 is 23.1 Å². The number of hydrogen-bond donors (Lipinski definition) is 0. The van der Waals surface area contributed by atoms with Gasteiger partial charge in [0.2, 0.25) is 0 Å². The molecule has 4 heterocycles.